The van der Waals surface area contributed by atoms with Gasteiger partial charge in [0.15, 0.2) is 0 Å². The molecule has 0 saturated heterocycles. The van der Waals surface area contributed by atoms with Gasteiger partial charge in [-0.1, -0.05) is 23.7 Å². The van der Waals surface area contributed by atoms with Crippen molar-refractivity contribution in [3.05, 3.63) is 29.3 Å². The molecule has 3 N–H and O–H groups in total. The number of carbonyl (C=O) groups excluding carboxylic acids is 1. The summed E-state index contributed by atoms with van der Waals surface area (Å²) >= 11 is 5.82. The average Bonchev–Trinajstić information content (AvgIpc) is 2.25. The van der Waals surface area contributed by atoms with Crippen molar-refractivity contribution in [3.8, 4) is 5.75 Å². The van der Waals surface area contributed by atoms with Crippen LogP contribution in [0.4, 0.5) is 4.79 Å². The quantitative estimate of drug-likeness (QED) is 0.816. The van der Waals surface area contributed by atoms with E-state index >= 15 is 0 Å². The van der Waals surface area contributed by atoms with Gasteiger partial charge in [-0.25, -0.2) is 4.79 Å². The highest BCUT2D eigenvalue weighted by molar-refractivity contribution is 6.32. The summed E-state index contributed by atoms with van der Waals surface area (Å²) in [5, 5.41) is 9.80. The highest BCUT2D eigenvalue weighted by Crippen LogP contribution is 2.22. The number of nitrogens with two attached hydrogens (primary N) is 1. The van der Waals surface area contributed by atoms with Crippen LogP contribution in [0.3, 0.4) is 0 Å². The first-order chi connectivity index (χ1) is 7.59. The Morgan fingerprint density at radius 2 is 2.12 bits per heavy atom. The number of amides is 1. The van der Waals surface area contributed by atoms with Crippen LogP contribution in [0, 0.1) is 0 Å². The Labute approximate surface area is 97.7 Å². The number of halogens is 1. The second kappa shape index (κ2) is 6.19. The smallest absolute Gasteiger partial charge is 0.404 e. The first-order valence-corrected chi connectivity index (χ1v) is 4.95. The summed E-state index contributed by atoms with van der Waals surface area (Å²) in [7, 11) is 0. The lowest BCUT2D eigenvalue weighted by molar-refractivity contribution is 0.0420. The molecular weight excluding hydrogens is 234 g/mol. The topological polar surface area (TPSA) is 81.8 Å². The van der Waals surface area contributed by atoms with Crippen molar-refractivity contribution >= 4 is 17.7 Å². The largest absolute Gasteiger partial charge is 0.489 e. The zero-order valence-electron chi connectivity index (χ0n) is 8.43. The Morgan fingerprint density at radius 1 is 1.44 bits per heavy atom. The zero-order chi connectivity index (χ0) is 12.0. The van der Waals surface area contributed by atoms with Crippen molar-refractivity contribution < 1.29 is 19.4 Å². The van der Waals surface area contributed by atoms with Gasteiger partial charge in [0.2, 0.25) is 0 Å². The third-order valence-electron chi connectivity index (χ3n) is 1.69. The minimum absolute atomic E-state index is 0.0307. The third-order valence-corrected chi connectivity index (χ3v) is 2.00. The highest BCUT2D eigenvalue weighted by atomic mass is 35.5. The molecule has 0 aliphatic carbocycles. The van der Waals surface area contributed by atoms with Crippen LogP contribution in [0.15, 0.2) is 24.3 Å². The fraction of sp³-hybridized carbons (Fsp3) is 0.300. The summed E-state index contributed by atoms with van der Waals surface area (Å²) in [6, 6.07) is 6.86. The Hall–Kier alpha value is -1.46. The van der Waals surface area contributed by atoms with Gasteiger partial charge in [0.1, 0.15) is 25.1 Å². The number of hydrogen-bond acceptors (Lipinski definition) is 4. The van der Waals surface area contributed by atoms with E-state index in [1.165, 1.54) is 0 Å². The number of aliphatic hydroxyl groups is 1. The normalized spacial score (nSPS) is 11.9. The average molecular weight is 246 g/mol. The van der Waals surface area contributed by atoms with Crippen molar-refractivity contribution in [1.29, 1.82) is 0 Å². The lowest BCUT2D eigenvalue weighted by Gasteiger charge is -2.12. The van der Waals surface area contributed by atoms with Crippen LogP contribution in [0.25, 0.3) is 0 Å². The minimum atomic E-state index is -0.941. The fourth-order valence-electron chi connectivity index (χ4n) is 0.974. The van der Waals surface area contributed by atoms with E-state index in [2.05, 4.69) is 4.74 Å². The molecule has 0 aliphatic heterocycles. The molecule has 1 unspecified atom stereocenters. The van der Waals surface area contributed by atoms with Crippen molar-refractivity contribution in [2.45, 2.75) is 6.10 Å². The van der Waals surface area contributed by atoms with Crippen molar-refractivity contribution in [1.82, 2.24) is 0 Å². The molecule has 0 saturated carbocycles. The Kier molecular flexibility index (Phi) is 4.88. The molecule has 0 spiro atoms. The highest BCUT2D eigenvalue weighted by Gasteiger charge is 2.08. The third kappa shape index (κ3) is 4.37. The zero-order valence-corrected chi connectivity index (χ0v) is 9.18. The monoisotopic (exact) mass is 245 g/mol. The van der Waals surface area contributed by atoms with Crippen molar-refractivity contribution in [2.24, 2.45) is 5.73 Å². The van der Waals surface area contributed by atoms with Gasteiger partial charge in [0.25, 0.3) is 0 Å². The predicted octanol–water partition coefficient (Wildman–Crippen LogP) is 1.17. The summed E-state index contributed by atoms with van der Waals surface area (Å²) < 4.78 is 9.61. The molecule has 0 heterocycles. The van der Waals surface area contributed by atoms with E-state index in [1.54, 1.807) is 24.3 Å². The number of benzene rings is 1. The van der Waals surface area contributed by atoms with E-state index in [4.69, 9.17) is 22.1 Å². The molecular formula is C10H12ClNO4. The van der Waals surface area contributed by atoms with Gasteiger partial charge < -0.3 is 20.3 Å². The SMILES string of the molecule is NC(=O)OCC(O)COc1ccccc1Cl. The number of carbonyl (C=O) groups is 1. The fourth-order valence-corrected chi connectivity index (χ4v) is 1.16. The van der Waals surface area contributed by atoms with E-state index in [-0.39, 0.29) is 13.2 Å². The second-order valence-electron chi connectivity index (χ2n) is 3.03. The number of aliphatic hydroxyl groups excluding tert-OH is 1. The predicted molar refractivity (Wildman–Crippen MR) is 58.5 cm³/mol. The summed E-state index contributed by atoms with van der Waals surface area (Å²) in [6.07, 6.45) is -1.87. The number of hydrogen-bond donors (Lipinski definition) is 2. The Morgan fingerprint density at radius 3 is 2.75 bits per heavy atom. The molecule has 5 nitrogen and oxygen atoms in total. The van der Waals surface area contributed by atoms with E-state index in [1.807, 2.05) is 0 Å². The van der Waals surface area contributed by atoms with E-state index < -0.39 is 12.2 Å². The van der Waals surface area contributed by atoms with Gasteiger partial charge in [0.05, 0.1) is 5.02 Å². The first-order valence-electron chi connectivity index (χ1n) is 4.57. The molecule has 0 fully saturated rings. The van der Waals surface area contributed by atoms with Crippen molar-refractivity contribution in [3.63, 3.8) is 0 Å². The van der Waals surface area contributed by atoms with Gasteiger partial charge >= 0.3 is 6.09 Å². The van der Waals surface area contributed by atoms with Gasteiger partial charge in [0, 0.05) is 0 Å². The van der Waals surface area contributed by atoms with Crippen LogP contribution in [0.2, 0.25) is 5.02 Å². The molecule has 0 aliphatic rings. The van der Waals surface area contributed by atoms with E-state index in [9.17, 15) is 9.90 Å². The Bertz CT molecular complexity index is 358. The maximum atomic E-state index is 10.3. The summed E-state index contributed by atoms with van der Waals surface area (Å²) in [5.41, 5.74) is 4.74. The summed E-state index contributed by atoms with van der Waals surface area (Å²) in [6.45, 7) is -0.239. The van der Waals surface area contributed by atoms with Crippen LogP contribution >= 0.6 is 11.6 Å². The van der Waals surface area contributed by atoms with Gasteiger partial charge in [-0.2, -0.15) is 0 Å². The number of primary amides is 1. The Balaban J connectivity index is 2.34. The second-order valence-corrected chi connectivity index (χ2v) is 3.43. The molecule has 1 aromatic rings. The molecule has 1 atom stereocenters. The molecule has 6 heteroatoms. The van der Waals surface area contributed by atoms with Crippen LogP contribution in [-0.2, 0) is 4.74 Å². The number of rotatable bonds is 5. The van der Waals surface area contributed by atoms with Gasteiger partial charge in [-0.15, -0.1) is 0 Å². The summed E-state index contributed by atoms with van der Waals surface area (Å²) in [5.74, 6) is 0.460. The number of para-hydroxylation sites is 1. The maximum Gasteiger partial charge on any atom is 0.404 e. The lowest BCUT2D eigenvalue weighted by atomic mass is 10.3. The van der Waals surface area contributed by atoms with Crippen LogP contribution in [-0.4, -0.2) is 30.5 Å². The molecule has 1 amide bonds. The van der Waals surface area contributed by atoms with Gasteiger partial charge in [-0.3, -0.25) is 0 Å². The van der Waals surface area contributed by atoms with E-state index in [0.717, 1.165) is 0 Å². The van der Waals surface area contributed by atoms with Crippen LogP contribution in [0.1, 0.15) is 0 Å². The van der Waals surface area contributed by atoms with Crippen LogP contribution < -0.4 is 10.5 Å². The molecule has 88 valence electrons. The molecule has 16 heavy (non-hydrogen) atoms. The lowest BCUT2D eigenvalue weighted by Crippen LogP contribution is -2.27. The first kappa shape index (κ1) is 12.6. The van der Waals surface area contributed by atoms with Crippen molar-refractivity contribution in [2.75, 3.05) is 13.2 Å². The molecule has 0 bridgehead atoms. The van der Waals surface area contributed by atoms with Gasteiger partial charge in [-0.05, 0) is 12.1 Å². The van der Waals surface area contributed by atoms with Crippen LogP contribution in [0.5, 0.6) is 5.75 Å². The maximum absolute atomic E-state index is 10.3. The summed E-state index contributed by atoms with van der Waals surface area (Å²) in [4.78, 5) is 10.3. The minimum Gasteiger partial charge on any atom is -0.489 e. The number of ether oxygens (including phenoxy) is 2. The molecule has 1 rings (SSSR count). The van der Waals surface area contributed by atoms with E-state index in [0.29, 0.717) is 10.8 Å². The standard InChI is InChI=1S/C10H12ClNO4/c11-8-3-1-2-4-9(8)15-5-7(13)6-16-10(12)14/h1-4,7,13H,5-6H2,(H2,12,14). The molecule has 0 aromatic heterocycles. The molecule has 0 radical (unpaired) electrons. The molecule has 1 aromatic carbocycles.